The van der Waals surface area contributed by atoms with Crippen LogP contribution in [0.25, 0.3) is 0 Å². The Hall–Kier alpha value is -0.580. The Morgan fingerprint density at radius 1 is 1.44 bits per heavy atom. The molecule has 1 aromatic heterocycles. The first-order valence-electron chi connectivity index (χ1n) is 6.60. The number of hydrogen-bond donors (Lipinski definition) is 1. The largest absolute Gasteiger partial charge is 0.379 e. The number of hydrogen-bond acceptors (Lipinski definition) is 3. The molecule has 1 rings (SSSR count). The highest BCUT2D eigenvalue weighted by Crippen LogP contribution is 2.28. The third kappa shape index (κ3) is 3.46. The van der Waals surface area contributed by atoms with Gasteiger partial charge in [0.15, 0.2) is 0 Å². The van der Waals surface area contributed by atoms with Crippen LogP contribution in [0.4, 0.5) is 0 Å². The van der Waals surface area contributed by atoms with Crippen molar-refractivity contribution >= 4 is 11.6 Å². The van der Waals surface area contributed by atoms with Crippen molar-refractivity contribution in [2.24, 2.45) is 0 Å². The Bertz CT molecular complexity index is 354. The fourth-order valence-corrected chi connectivity index (χ4v) is 2.53. The van der Waals surface area contributed by atoms with Crippen molar-refractivity contribution < 1.29 is 4.74 Å². The van der Waals surface area contributed by atoms with Crippen LogP contribution in [-0.4, -0.2) is 30.0 Å². The molecule has 1 heterocycles. The molecular formula is C13H24ClN3O. The summed E-state index contributed by atoms with van der Waals surface area (Å²) in [6.45, 7) is 5.17. The van der Waals surface area contributed by atoms with Gasteiger partial charge in [-0.2, -0.15) is 5.10 Å². The van der Waals surface area contributed by atoms with Gasteiger partial charge in [0, 0.05) is 13.7 Å². The number of methoxy groups -OCH3 is 1. The van der Waals surface area contributed by atoms with Crippen LogP contribution in [0.2, 0.25) is 5.02 Å². The summed E-state index contributed by atoms with van der Waals surface area (Å²) in [7, 11) is 3.69. The van der Waals surface area contributed by atoms with Crippen LogP contribution in [0, 0.1) is 0 Å². The summed E-state index contributed by atoms with van der Waals surface area (Å²) in [6.07, 6.45) is 4.94. The van der Waals surface area contributed by atoms with E-state index in [1.54, 1.807) is 13.3 Å². The maximum atomic E-state index is 6.28. The molecule has 0 amide bonds. The van der Waals surface area contributed by atoms with Gasteiger partial charge in [0.1, 0.15) is 0 Å². The van der Waals surface area contributed by atoms with Crippen LogP contribution in [0.15, 0.2) is 6.20 Å². The lowest BCUT2D eigenvalue weighted by Crippen LogP contribution is -2.33. The fourth-order valence-electron chi connectivity index (χ4n) is 2.27. The third-order valence-corrected chi connectivity index (χ3v) is 3.41. The molecule has 0 aromatic carbocycles. The van der Waals surface area contributed by atoms with Crippen LogP contribution in [-0.2, 0) is 11.3 Å². The lowest BCUT2D eigenvalue weighted by Gasteiger charge is -2.26. The topological polar surface area (TPSA) is 39.1 Å². The first-order chi connectivity index (χ1) is 8.69. The molecule has 0 aliphatic heterocycles. The van der Waals surface area contributed by atoms with Crippen molar-refractivity contribution in [3.05, 3.63) is 16.9 Å². The van der Waals surface area contributed by atoms with E-state index in [4.69, 9.17) is 16.3 Å². The number of rotatable bonds is 8. The lowest BCUT2D eigenvalue weighted by molar-refractivity contribution is 0.0602. The second kappa shape index (κ2) is 7.77. The first-order valence-corrected chi connectivity index (χ1v) is 6.98. The number of halogens is 1. The van der Waals surface area contributed by atoms with E-state index < -0.39 is 0 Å². The van der Waals surface area contributed by atoms with E-state index in [9.17, 15) is 0 Å². The molecule has 1 N–H and O–H groups in total. The Morgan fingerprint density at radius 3 is 2.67 bits per heavy atom. The SMILES string of the molecule is CCCC(OC)C(NC)c1c(Cl)cnn1CCC. The van der Waals surface area contributed by atoms with E-state index in [1.165, 1.54) is 0 Å². The third-order valence-electron chi connectivity index (χ3n) is 3.12. The van der Waals surface area contributed by atoms with Crippen molar-refractivity contribution in [1.29, 1.82) is 0 Å². The van der Waals surface area contributed by atoms with Crippen LogP contribution < -0.4 is 5.32 Å². The molecule has 0 aliphatic carbocycles. The molecular weight excluding hydrogens is 250 g/mol. The van der Waals surface area contributed by atoms with Crippen LogP contribution in [0.1, 0.15) is 44.8 Å². The summed E-state index contributed by atoms with van der Waals surface area (Å²) in [5.74, 6) is 0. The summed E-state index contributed by atoms with van der Waals surface area (Å²) < 4.78 is 7.57. The Kier molecular flexibility index (Phi) is 6.68. The van der Waals surface area contributed by atoms with Crippen LogP contribution >= 0.6 is 11.6 Å². The molecule has 1 aromatic rings. The van der Waals surface area contributed by atoms with Crippen molar-refractivity contribution in [2.75, 3.05) is 14.2 Å². The number of aryl methyl sites for hydroxylation is 1. The Labute approximate surface area is 115 Å². The summed E-state index contributed by atoms with van der Waals surface area (Å²) in [5.41, 5.74) is 1.03. The van der Waals surface area contributed by atoms with Gasteiger partial charge in [0.2, 0.25) is 0 Å². The number of aromatic nitrogens is 2. The zero-order valence-corrected chi connectivity index (χ0v) is 12.5. The Morgan fingerprint density at radius 2 is 2.17 bits per heavy atom. The number of nitrogens with zero attached hydrogens (tertiary/aromatic N) is 2. The zero-order valence-electron chi connectivity index (χ0n) is 11.7. The van der Waals surface area contributed by atoms with E-state index >= 15 is 0 Å². The lowest BCUT2D eigenvalue weighted by atomic mass is 10.0. The monoisotopic (exact) mass is 273 g/mol. The van der Waals surface area contributed by atoms with Gasteiger partial charge in [0.25, 0.3) is 0 Å². The summed E-state index contributed by atoms with van der Waals surface area (Å²) >= 11 is 6.28. The Balaban J connectivity index is 3.02. The number of nitrogens with one attached hydrogen (secondary N) is 1. The average molecular weight is 274 g/mol. The molecule has 0 fully saturated rings. The van der Waals surface area contributed by atoms with Gasteiger partial charge < -0.3 is 10.1 Å². The molecule has 2 unspecified atom stereocenters. The maximum absolute atomic E-state index is 6.28. The molecule has 2 atom stereocenters. The molecule has 0 spiro atoms. The van der Waals surface area contributed by atoms with Gasteiger partial charge in [-0.05, 0) is 19.9 Å². The predicted molar refractivity (Wildman–Crippen MR) is 75.0 cm³/mol. The molecule has 0 bridgehead atoms. The van der Waals surface area contributed by atoms with Gasteiger partial charge in [-0.1, -0.05) is 31.9 Å². The van der Waals surface area contributed by atoms with Gasteiger partial charge in [-0.3, -0.25) is 4.68 Å². The quantitative estimate of drug-likeness (QED) is 0.791. The summed E-state index contributed by atoms with van der Waals surface area (Å²) in [6, 6.07) is 0.0801. The summed E-state index contributed by atoms with van der Waals surface area (Å²) in [4.78, 5) is 0. The number of likely N-dealkylation sites (N-methyl/N-ethyl adjacent to an activating group) is 1. The standard InChI is InChI=1S/C13H24ClN3O/c1-5-7-11(18-4)12(15-3)13-10(14)9-16-17(13)8-6-2/h9,11-12,15H,5-8H2,1-4H3. The van der Waals surface area contributed by atoms with Crippen LogP contribution in [0.3, 0.4) is 0 Å². The molecule has 0 saturated heterocycles. The molecule has 4 nitrogen and oxygen atoms in total. The molecule has 5 heteroatoms. The van der Waals surface area contributed by atoms with E-state index in [2.05, 4.69) is 24.3 Å². The van der Waals surface area contributed by atoms with Crippen molar-refractivity contribution in [2.45, 2.75) is 51.8 Å². The maximum Gasteiger partial charge on any atom is 0.0835 e. The van der Waals surface area contributed by atoms with E-state index in [0.717, 1.165) is 31.5 Å². The highest BCUT2D eigenvalue weighted by Gasteiger charge is 2.26. The molecule has 0 saturated carbocycles. The normalized spacial score (nSPS) is 14.7. The van der Waals surface area contributed by atoms with Gasteiger partial charge in [0.05, 0.1) is 29.1 Å². The smallest absolute Gasteiger partial charge is 0.0835 e. The van der Waals surface area contributed by atoms with E-state index in [0.29, 0.717) is 5.02 Å². The zero-order chi connectivity index (χ0) is 13.5. The van der Waals surface area contributed by atoms with E-state index in [1.807, 2.05) is 11.7 Å². The van der Waals surface area contributed by atoms with Gasteiger partial charge >= 0.3 is 0 Å². The van der Waals surface area contributed by atoms with Crippen molar-refractivity contribution in [1.82, 2.24) is 15.1 Å². The van der Waals surface area contributed by atoms with Gasteiger partial charge in [-0.25, -0.2) is 0 Å². The minimum atomic E-state index is 0.0801. The first kappa shape index (κ1) is 15.5. The van der Waals surface area contributed by atoms with Crippen molar-refractivity contribution in [3.8, 4) is 0 Å². The fraction of sp³-hybridized carbons (Fsp3) is 0.769. The van der Waals surface area contributed by atoms with Crippen LogP contribution in [0.5, 0.6) is 0 Å². The minimum absolute atomic E-state index is 0.0801. The summed E-state index contributed by atoms with van der Waals surface area (Å²) in [5, 5.41) is 8.36. The minimum Gasteiger partial charge on any atom is -0.379 e. The highest BCUT2D eigenvalue weighted by atomic mass is 35.5. The molecule has 0 aliphatic rings. The average Bonchev–Trinajstić information content (AvgIpc) is 2.72. The second-order valence-corrected chi connectivity index (χ2v) is 4.84. The highest BCUT2D eigenvalue weighted by molar-refractivity contribution is 6.31. The molecule has 104 valence electrons. The van der Waals surface area contributed by atoms with Crippen molar-refractivity contribution in [3.63, 3.8) is 0 Å². The second-order valence-electron chi connectivity index (χ2n) is 4.43. The predicted octanol–water partition coefficient (Wildman–Crippen LogP) is 3.02. The number of ether oxygens (including phenoxy) is 1. The molecule has 0 radical (unpaired) electrons. The van der Waals surface area contributed by atoms with E-state index in [-0.39, 0.29) is 12.1 Å². The van der Waals surface area contributed by atoms with Gasteiger partial charge in [-0.15, -0.1) is 0 Å². The molecule has 18 heavy (non-hydrogen) atoms.